The fourth-order valence-electron chi connectivity index (χ4n) is 5.06. The Morgan fingerprint density at radius 1 is 0.974 bits per heavy atom. The van der Waals surface area contributed by atoms with Crippen molar-refractivity contribution in [3.05, 3.63) is 106 Å². The van der Waals surface area contributed by atoms with Crippen LogP contribution in [0, 0.1) is 5.82 Å². The summed E-state index contributed by atoms with van der Waals surface area (Å²) in [6, 6.07) is 22.2. The smallest absolute Gasteiger partial charge is 0.257 e. The fraction of sp³-hybridized carbons (Fsp3) is 0.161. The van der Waals surface area contributed by atoms with Gasteiger partial charge in [0.15, 0.2) is 17.3 Å². The highest BCUT2D eigenvalue weighted by Gasteiger charge is 2.29. The molecule has 4 aromatic carbocycles. The molecule has 5 aromatic rings. The van der Waals surface area contributed by atoms with Gasteiger partial charge in [-0.15, -0.1) is 0 Å². The lowest BCUT2D eigenvalue weighted by atomic mass is 10.0. The Kier molecular flexibility index (Phi) is 6.46. The van der Waals surface area contributed by atoms with Crippen molar-refractivity contribution in [1.82, 2.24) is 15.2 Å². The van der Waals surface area contributed by atoms with Gasteiger partial charge in [-0.25, -0.2) is 4.39 Å². The van der Waals surface area contributed by atoms with Crippen LogP contribution >= 0.6 is 0 Å². The van der Waals surface area contributed by atoms with Crippen LogP contribution in [0.4, 0.5) is 10.1 Å². The standard InChI is InChI=1S/C31H27FN4O3/c1-33-14-7-15-34-26-24(32)16-22-28-30(26)39-25-13-12-20-10-5-6-11-21(20)27(25)36(28)18-23(29(22)37)31(38)35-17-19-8-3-2-4-9-19/h2-6,8-13,16,18,33-34H,7,14-15,17H2,1H3,(H,35,38). The van der Waals surface area contributed by atoms with E-state index in [2.05, 4.69) is 16.0 Å². The first-order valence-electron chi connectivity index (χ1n) is 12.9. The van der Waals surface area contributed by atoms with Gasteiger partial charge in [0.2, 0.25) is 5.43 Å². The third-order valence-electron chi connectivity index (χ3n) is 6.96. The maximum absolute atomic E-state index is 15.5. The van der Waals surface area contributed by atoms with Crippen LogP contribution in [0.25, 0.3) is 27.4 Å². The molecule has 0 spiro atoms. The molecule has 0 saturated heterocycles. The van der Waals surface area contributed by atoms with Crippen molar-refractivity contribution in [3.63, 3.8) is 0 Å². The Labute approximate surface area is 224 Å². The van der Waals surface area contributed by atoms with E-state index in [4.69, 9.17) is 4.74 Å². The van der Waals surface area contributed by atoms with Gasteiger partial charge >= 0.3 is 0 Å². The quantitative estimate of drug-likeness (QED) is 0.235. The van der Waals surface area contributed by atoms with Gasteiger partial charge in [-0.1, -0.05) is 60.7 Å². The number of anilines is 1. The summed E-state index contributed by atoms with van der Waals surface area (Å²) in [7, 11) is 1.86. The maximum atomic E-state index is 15.5. The second kappa shape index (κ2) is 10.2. The normalized spacial score (nSPS) is 11.7. The molecular weight excluding hydrogens is 495 g/mol. The SMILES string of the molecule is CNCCCNc1c(F)cc2c(=O)c(C(=O)NCc3ccccc3)cn3c2c1Oc1ccc2ccccc2c1-3. The van der Waals surface area contributed by atoms with E-state index in [0.717, 1.165) is 29.3 Å². The van der Waals surface area contributed by atoms with Crippen molar-refractivity contribution in [2.24, 2.45) is 0 Å². The van der Waals surface area contributed by atoms with Crippen molar-refractivity contribution in [2.75, 3.05) is 25.5 Å². The summed E-state index contributed by atoms with van der Waals surface area (Å²) in [6.07, 6.45) is 2.31. The van der Waals surface area contributed by atoms with Gasteiger partial charge in [0.05, 0.1) is 11.1 Å². The Bertz CT molecular complexity index is 1780. The van der Waals surface area contributed by atoms with Gasteiger partial charge in [-0.05, 0) is 43.1 Å². The predicted molar refractivity (Wildman–Crippen MR) is 152 cm³/mol. The predicted octanol–water partition coefficient (Wildman–Crippen LogP) is 5.34. The molecule has 8 heteroatoms. The molecular formula is C31H27FN4O3. The van der Waals surface area contributed by atoms with Crippen molar-refractivity contribution in [2.45, 2.75) is 13.0 Å². The number of rotatable bonds is 8. The van der Waals surface area contributed by atoms with E-state index in [1.165, 1.54) is 6.07 Å². The number of hydrogen-bond acceptors (Lipinski definition) is 5. The molecule has 0 bridgehead atoms. The second-order valence-corrected chi connectivity index (χ2v) is 9.49. The number of nitrogens with one attached hydrogen (secondary N) is 3. The lowest BCUT2D eigenvalue weighted by molar-refractivity contribution is 0.0949. The van der Waals surface area contributed by atoms with E-state index >= 15 is 4.39 Å². The zero-order valence-corrected chi connectivity index (χ0v) is 21.4. The Morgan fingerprint density at radius 3 is 2.59 bits per heavy atom. The molecule has 0 aliphatic carbocycles. The average Bonchev–Trinajstić information content (AvgIpc) is 2.96. The first-order valence-corrected chi connectivity index (χ1v) is 12.9. The van der Waals surface area contributed by atoms with E-state index in [0.29, 0.717) is 23.5 Å². The molecule has 0 unspecified atom stereocenters. The molecule has 2 heterocycles. The number of benzene rings is 4. The van der Waals surface area contributed by atoms with Crippen LogP contribution in [0.15, 0.2) is 83.8 Å². The van der Waals surface area contributed by atoms with Crippen LogP contribution < -0.4 is 26.1 Å². The molecule has 196 valence electrons. The van der Waals surface area contributed by atoms with Crippen LogP contribution in [0.1, 0.15) is 22.3 Å². The molecule has 1 aromatic heterocycles. The van der Waals surface area contributed by atoms with Crippen molar-refractivity contribution >= 4 is 33.3 Å². The molecule has 0 saturated carbocycles. The Hall–Kier alpha value is -4.69. The molecule has 7 nitrogen and oxygen atoms in total. The summed E-state index contributed by atoms with van der Waals surface area (Å²) >= 11 is 0. The number of carbonyl (C=O) groups excluding carboxylic acids is 1. The van der Waals surface area contributed by atoms with E-state index in [1.807, 2.05) is 73.8 Å². The molecule has 6 rings (SSSR count). The minimum atomic E-state index is -0.614. The number of hydrogen-bond donors (Lipinski definition) is 3. The first kappa shape index (κ1) is 24.6. The molecule has 1 aliphatic heterocycles. The van der Waals surface area contributed by atoms with E-state index in [1.54, 1.807) is 10.8 Å². The highest BCUT2D eigenvalue weighted by Crippen LogP contribution is 2.47. The Balaban J connectivity index is 1.55. The van der Waals surface area contributed by atoms with Gasteiger partial charge in [0.25, 0.3) is 5.91 Å². The summed E-state index contributed by atoms with van der Waals surface area (Å²) < 4.78 is 23.6. The minimum absolute atomic E-state index is 0.0701. The summed E-state index contributed by atoms with van der Waals surface area (Å²) in [5.74, 6) is -0.410. The van der Waals surface area contributed by atoms with E-state index < -0.39 is 17.2 Å². The Morgan fingerprint density at radius 2 is 1.77 bits per heavy atom. The highest BCUT2D eigenvalue weighted by molar-refractivity contribution is 6.03. The van der Waals surface area contributed by atoms with E-state index in [9.17, 15) is 9.59 Å². The van der Waals surface area contributed by atoms with Gasteiger partial charge in [-0.2, -0.15) is 0 Å². The second-order valence-electron chi connectivity index (χ2n) is 9.49. The maximum Gasteiger partial charge on any atom is 0.257 e. The van der Waals surface area contributed by atoms with Crippen molar-refractivity contribution in [1.29, 1.82) is 0 Å². The summed E-state index contributed by atoms with van der Waals surface area (Å²) in [4.78, 5) is 27.0. The number of amides is 1. The molecule has 0 fully saturated rings. The average molecular weight is 523 g/mol. The molecule has 3 N–H and O–H groups in total. The van der Waals surface area contributed by atoms with Gasteiger partial charge in [-0.3, -0.25) is 9.59 Å². The molecule has 1 amide bonds. The number of aromatic nitrogens is 1. The lowest BCUT2D eigenvalue weighted by Crippen LogP contribution is -2.30. The number of pyridine rings is 1. The summed E-state index contributed by atoms with van der Waals surface area (Å²) in [5, 5.41) is 11.0. The fourth-order valence-corrected chi connectivity index (χ4v) is 5.06. The highest BCUT2D eigenvalue weighted by atomic mass is 19.1. The molecule has 1 aliphatic rings. The third kappa shape index (κ3) is 4.38. The van der Waals surface area contributed by atoms with Crippen molar-refractivity contribution < 1.29 is 13.9 Å². The molecule has 0 radical (unpaired) electrons. The molecule has 0 atom stereocenters. The number of carbonyl (C=O) groups is 1. The number of halogens is 1. The van der Waals surface area contributed by atoms with Gasteiger partial charge in [0, 0.05) is 24.7 Å². The first-order chi connectivity index (χ1) is 19.1. The number of fused-ring (bicyclic) bond motifs is 4. The van der Waals surface area contributed by atoms with Gasteiger partial charge < -0.3 is 25.3 Å². The topological polar surface area (TPSA) is 84.4 Å². The van der Waals surface area contributed by atoms with Crippen LogP contribution in [-0.4, -0.2) is 30.6 Å². The zero-order valence-electron chi connectivity index (χ0n) is 21.4. The number of nitrogens with zero attached hydrogens (tertiary/aromatic N) is 1. The summed E-state index contributed by atoms with van der Waals surface area (Å²) in [5.41, 5.74) is 1.57. The van der Waals surface area contributed by atoms with Crippen molar-refractivity contribution in [3.8, 4) is 17.2 Å². The van der Waals surface area contributed by atoms with Crippen LogP contribution in [-0.2, 0) is 6.54 Å². The van der Waals surface area contributed by atoms with Crippen LogP contribution in [0.2, 0.25) is 0 Å². The van der Waals surface area contributed by atoms with Crippen LogP contribution in [0.5, 0.6) is 11.5 Å². The minimum Gasteiger partial charge on any atom is -0.451 e. The number of ether oxygens (including phenoxy) is 1. The monoisotopic (exact) mass is 522 g/mol. The van der Waals surface area contributed by atoms with Gasteiger partial charge in [0.1, 0.15) is 16.8 Å². The largest absolute Gasteiger partial charge is 0.451 e. The third-order valence-corrected chi connectivity index (χ3v) is 6.96. The molecule has 39 heavy (non-hydrogen) atoms. The summed E-state index contributed by atoms with van der Waals surface area (Å²) in [6.45, 7) is 1.53. The lowest BCUT2D eigenvalue weighted by Gasteiger charge is -2.27. The van der Waals surface area contributed by atoms with Crippen LogP contribution in [0.3, 0.4) is 0 Å². The zero-order chi connectivity index (χ0) is 26.9. The van der Waals surface area contributed by atoms with E-state index in [-0.39, 0.29) is 28.9 Å².